The average molecular weight is 280 g/mol. The van der Waals surface area contributed by atoms with Gasteiger partial charge >= 0.3 is 0 Å². The van der Waals surface area contributed by atoms with Crippen LogP contribution < -0.4 is 5.73 Å². The van der Waals surface area contributed by atoms with Crippen molar-refractivity contribution in [2.45, 2.75) is 17.9 Å². The summed E-state index contributed by atoms with van der Waals surface area (Å²) in [5.74, 6) is 0.419. The molecule has 0 bridgehead atoms. The zero-order valence-electron chi connectivity index (χ0n) is 9.84. The first-order valence-electron chi connectivity index (χ1n) is 5.80. The summed E-state index contributed by atoms with van der Waals surface area (Å²) in [5.41, 5.74) is 8.76. The van der Waals surface area contributed by atoms with E-state index >= 15 is 0 Å². The van der Waals surface area contributed by atoms with Gasteiger partial charge in [-0.15, -0.1) is 12.4 Å². The van der Waals surface area contributed by atoms with E-state index in [9.17, 15) is 0 Å². The van der Waals surface area contributed by atoms with Crippen molar-refractivity contribution in [2.24, 2.45) is 5.73 Å². The SMILES string of the molecule is Cl.NC1(c2ccccc2)CC1c1ccc(Cl)cc1. The average Bonchev–Trinajstić information content (AvgIpc) is 3.05. The fourth-order valence-corrected chi connectivity index (χ4v) is 2.58. The quantitative estimate of drug-likeness (QED) is 0.880. The minimum Gasteiger partial charge on any atom is -0.321 e. The molecule has 1 aliphatic carbocycles. The van der Waals surface area contributed by atoms with Crippen LogP contribution in [0.5, 0.6) is 0 Å². The van der Waals surface area contributed by atoms with Gasteiger partial charge in [0.25, 0.3) is 0 Å². The molecule has 18 heavy (non-hydrogen) atoms. The monoisotopic (exact) mass is 279 g/mol. The molecule has 2 atom stereocenters. The lowest BCUT2D eigenvalue weighted by atomic mass is 10.00. The third-order valence-electron chi connectivity index (χ3n) is 3.59. The van der Waals surface area contributed by atoms with Gasteiger partial charge in [0.1, 0.15) is 0 Å². The van der Waals surface area contributed by atoms with Crippen LogP contribution in [0.3, 0.4) is 0 Å². The zero-order chi connectivity index (χ0) is 11.9. The summed E-state index contributed by atoms with van der Waals surface area (Å²) in [6, 6.07) is 18.3. The fraction of sp³-hybridized carbons (Fsp3) is 0.200. The van der Waals surface area contributed by atoms with Crippen LogP contribution in [0.15, 0.2) is 54.6 Å². The molecule has 3 rings (SSSR count). The Morgan fingerprint density at radius 1 is 1.00 bits per heavy atom. The topological polar surface area (TPSA) is 26.0 Å². The highest BCUT2D eigenvalue weighted by Crippen LogP contribution is 2.56. The standard InChI is InChI=1S/C15H14ClN.ClH/c16-13-8-6-11(7-9-13)14-10-15(14,17)12-4-2-1-3-5-12;/h1-9,14H,10,17H2;1H. The highest BCUT2D eigenvalue weighted by molar-refractivity contribution is 6.30. The van der Waals surface area contributed by atoms with Crippen LogP contribution in [-0.4, -0.2) is 0 Å². The Balaban J connectivity index is 0.00000120. The van der Waals surface area contributed by atoms with E-state index in [0.29, 0.717) is 5.92 Å². The molecular formula is C15H15Cl2N. The maximum absolute atomic E-state index is 6.45. The van der Waals surface area contributed by atoms with Crippen LogP contribution in [0.2, 0.25) is 5.02 Å². The van der Waals surface area contributed by atoms with Crippen molar-refractivity contribution in [3.05, 3.63) is 70.7 Å². The van der Waals surface area contributed by atoms with Gasteiger partial charge in [0.15, 0.2) is 0 Å². The van der Waals surface area contributed by atoms with E-state index in [2.05, 4.69) is 24.3 Å². The summed E-state index contributed by atoms with van der Waals surface area (Å²) in [7, 11) is 0. The summed E-state index contributed by atoms with van der Waals surface area (Å²) in [6.45, 7) is 0. The largest absolute Gasteiger partial charge is 0.321 e. The second-order valence-corrected chi connectivity index (χ2v) is 5.15. The third-order valence-corrected chi connectivity index (χ3v) is 3.84. The molecule has 0 aliphatic heterocycles. The number of halogens is 2. The van der Waals surface area contributed by atoms with E-state index in [1.165, 1.54) is 11.1 Å². The van der Waals surface area contributed by atoms with Gasteiger partial charge < -0.3 is 5.73 Å². The van der Waals surface area contributed by atoms with Crippen molar-refractivity contribution in [2.75, 3.05) is 0 Å². The number of hydrogen-bond acceptors (Lipinski definition) is 1. The number of benzene rings is 2. The van der Waals surface area contributed by atoms with Crippen molar-refractivity contribution in [3.8, 4) is 0 Å². The lowest BCUT2D eigenvalue weighted by molar-refractivity contribution is 0.706. The van der Waals surface area contributed by atoms with Gasteiger partial charge in [-0.25, -0.2) is 0 Å². The first-order valence-corrected chi connectivity index (χ1v) is 6.18. The lowest BCUT2D eigenvalue weighted by Gasteiger charge is -2.12. The van der Waals surface area contributed by atoms with E-state index in [-0.39, 0.29) is 17.9 Å². The van der Waals surface area contributed by atoms with Crippen LogP contribution in [0.25, 0.3) is 0 Å². The lowest BCUT2D eigenvalue weighted by Crippen LogP contribution is -2.21. The first-order chi connectivity index (χ1) is 8.20. The van der Waals surface area contributed by atoms with Crippen LogP contribution >= 0.6 is 24.0 Å². The van der Waals surface area contributed by atoms with Crippen molar-refractivity contribution >= 4 is 24.0 Å². The van der Waals surface area contributed by atoms with Crippen molar-refractivity contribution in [3.63, 3.8) is 0 Å². The van der Waals surface area contributed by atoms with E-state index in [1.807, 2.05) is 30.3 Å². The molecule has 2 aromatic rings. The van der Waals surface area contributed by atoms with Crippen molar-refractivity contribution in [1.29, 1.82) is 0 Å². The Bertz CT molecular complexity index is 524. The molecule has 2 unspecified atom stereocenters. The van der Waals surface area contributed by atoms with Gasteiger partial charge in [-0.3, -0.25) is 0 Å². The smallest absolute Gasteiger partial charge is 0.0486 e. The van der Waals surface area contributed by atoms with Crippen molar-refractivity contribution in [1.82, 2.24) is 0 Å². The van der Waals surface area contributed by atoms with E-state index in [4.69, 9.17) is 17.3 Å². The molecule has 1 aliphatic rings. The van der Waals surface area contributed by atoms with Crippen LogP contribution in [0.1, 0.15) is 23.5 Å². The Hall–Kier alpha value is -1.02. The van der Waals surface area contributed by atoms with Gasteiger partial charge in [-0.05, 0) is 29.7 Å². The van der Waals surface area contributed by atoms with Gasteiger partial charge in [0.2, 0.25) is 0 Å². The van der Waals surface area contributed by atoms with E-state index < -0.39 is 0 Å². The number of rotatable bonds is 2. The summed E-state index contributed by atoms with van der Waals surface area (Å²) >= 11 is 5.89. The van der Waals surface area contributed by atoms with E-state index in [1.54, 1.807) is 0 Å². The summed E-state index contributed by atoms with van der Waals surface area (Å²) in [4.78, 5) is 0. The maximum atomic E-state index is 6.45. The van der Waals surface area contributed by atoms with Gasteiger partial charge in [0.05, 0.1) is 0 Å². The molecule has 94 valence electrons. The molecule has 0 heterocycles. The molecule has 1 saturated carbocycles. The van der Waals surface area contributed by atoms with Gasteiger partial charge in [0, 0.05) is 16.5 Å². The normalized spacial score (nSPS) is 25.3. The second kappa shape index (κ2) is 4.93. The van der Waals surface area contributed by atoms with Crippen LogP contribution in [0, 0.1) is 0 Å². The first kappa shape index (κ1) is 13.4. The molecular weight excluding hydrogens is 265 g/mol. The molecule has 1 fully saturated rings. The zero-order valence-corrected chi connectivity index (χ0v) is 11.4. The summed E-state index contributed by atoms with van der Waals surface area (Å²) in [5, 5.41) is 0.775. The number of hydrogen-bond donors (Lipinski definition) is 1. The van der Waals surface area contributed by atoms with E-state index in [0.717, 1.165) is 11.4 Å². The molecule has 2 aromatic carbocycles. The summed E-state index contributed by atoms with van der Waals surface area (Å²) < 4.78 is 0. The van der Waals surface area contributed by atoms with Crippen LogP contribution in [-0.2, 0) is 5.54 Å². The number of nitrogens with two attached hydrogens (primary N) is 1. The fourth-order valence-electron chi connectivity index (χ4n) is 2.46. The molecule has 0 saturated heterocycles. The molecule has 0 amide bonds. The third kappa shape index (κ3) is 2.26. The van der Waals surface area contributed by atoms with Gasteiger partial charge in [-0.1, -0.05) is 54.1 Å². The molecule has 0 aromatic heterocycles. The molecule has 0 radical (unpaired) electrons. The van der Waals surface area contributed by atoms with Gasteiger partial charge in [-0.2, -0.15) is 0 Å². The Labute approximate surface area is 118 Å². The van der Waals surface area contributed by atoms with Crippen LogP contribution in [0.4, 0.5) is 0 Å². The molecule has 1 nitrogen and oxygen atoms in total. The predicted molar refractivity (Wildman–Crippen MR) is 78.4 cm³/mol. The molecule has 0 spiro atoms. The second-order valence-electron chi connectivity index (χ2n) is 4.71. The Morgan fingerprint density at radius 3 is 2.22 bits per heavy atom. The summed E-state index contributed by atoms with van der Waals surface area (Å²) in [6.07, 6.45) is 1.01. The predicted octanol–water partition coefficient (Wildman–Crippen LogP) is 4.10. The highest BCUT2D eigenvalue weighted by atomic mass is 35.5. The Kier molecular flexibility index (Phi) is 3.67. The minimum absolute atomic E-state index is 0. The minimum atomic E-state index is -0.185. The van der Waals surface area contributed by atoms with Crippen molar-refractivity contribution < 1.29 is 0 Å². The molecule has 2 N–H and O–H groups in total. The molecule has 3 heteroatoms. The Morgan fingerprint density at radius 2 is 1.61 bits per heavy atom. The maximum Gasteiger partial charge on any atom is 0.0486 e. The highest BCUT2D eigenvalue weighted by Gasteiger charge is 2.52.